The first-order valence-electron chi connectivity index (χ1n) is 6.11. The SMILES string of the molecule is COC(=O)C1=C(C)OC(N)=C(C#N)C1c1ccc(Br)cc1. The highest BCUT2D eigenvalue weighted by Gasteiger charge is 2.35. The van der Waals surface area contributed by atoms with E-state index in [1.54, 1.807) is 6.92 Å². The molecule has 1 aromatic rings. The van der Waals surface area contributed by atoms with Gasteiger partial charge in [0.05, 0.1) is 18.6 Å². The highest BCUT2D eigenvalue weighted by molar-refractivity contribution is 9.10. The maximum atomic E-state index is 12.1. The number of nitrogens with zero attached hydrogens (tertiary/aromatic N) is 1. The van der Waals surface area contributed by atoms with Gasteiger partial charge in [0.25, 0.3) is 0 Å². The molecule has 1 aromatic carbocycles. The third-order valence-corrected chi connectivity index (χ3v) is 3.74. The minimum atomic E-state index is -0.593. The van der Waals surface area contributed by atoms with Gasteiger partial charge in [0, 0.05) is 4.47 Å². The maximum Gasteiger partial charge on any atom is 0.338 e. The molecule has 2 N–H and O–H groups in total. The Bertz CT molecular complexity index is 684. The van der Waals surface area contributed by atoms with Gasteiger partial charge in [-0.05, 0) is 24.6 Å². The first kappa shape index (κ1) is 15.1. The normalized spacial score (nSPS) is 18.1. The predicted octanol–water partition coefficient (Wildman–Crippen LogP) is 2.70. The summed E-state index contributed by atoms with van der Waals surface area (Å²) in [6.45, 7) is 1.62. The van der Waals surface area contributed by atoms with Crippen LogP contribution in [0.2, 0.25) is 0 Å². The second-order valence-corrected chi connectivity index (χ2v) is 5.35. The summed E-state index contributed by atoms with van der Waals surface area (Å²) in [5, 5.41) is 9.35. The molecule has 0 amide bonds. The molecule has 0 spiro atoms. The minimum Gasteiger partial charge on any atom is -0.466 e. The molecule has 0 radical (unpaired) electrons. The third kappa shape index (κ3) is 2.78. The average molecular weight is 349 g/mol. The van der Waals surface area contributed by atoms with Gasteiger partial charge in [0.15, 0.2) is 0 Å². The van der Waals surface area contributed by atoms with E-state index in [0.29, 0.717) is 5.76 Å². The molecule has 0 aliphatic carbocycles. The van der Waals surface area contributed by atoms with Gasteiger partial charge < -0.3 is 15.2 Å². The van der Waals surface area contributed by atoms with Crippen LogP contribution in [0.3, 0.4) is 0 Å². The van der Waals surface area contributed by atoms with Crippen molar-refractivity contribution in [3.05, 3.63) is 57.1 Å². The van der Waals surface area contributed by atoms with E-state index in [4.69, 9.17) is 15.2 Å². The summed E-state index contributed by atoms with van der Waals surface area (Å²) in [6.07, 6.45) is 0. The maximum absolute atomic E-state index is 12.1. The molecule has 0 saturated carbocycles. The summed E-state index contributed by atoms with van der Waals surface area (Å²) >= 11 is 3.35. The van der Waals surface area contributed by atoms with Crippen molar-refractivity contribution < 1.29 is 14.3 Å². The molecular formula is C15H13BrN2O3. The quantitative estimate of drug-likeness (QED) is 0.830. The van der Waals surface area contributed by atoms with Crippen molar-refractivity contribution in [3.8, 4) is 6.07 Å². The number of nitriles is 1. The van der Waals surface area contributed by atoms with Gasteiger partial charge in [-0.3, -0.25) is 0 Å². The highest BCUT2D eigenvalue weighted by atomic mass is 79.9. The van der Waals surface area contributed by atoms with Crippen LogP contribution in [0.25, 0.3) is 0 Å². The van der Waals surface area contributed by atoms with E-state index >= 15 is 0 Å². The standard InChI is InChI=1S/C15H13BrN2O3/c1-8-12(15(19)20-2)13(11(7-17)14(18)21-8)9-3-5-10(16)6-4-9/h3-6,13H,18H2,1-2H3. The van der Waals surface area contributed by atoms with Crippen LogP contribution in [-0.2, 0) is 14.3 Å². The molecule has 0 aromatic heterocycles. The van der Waals surface area contributed by atoms with Crippen molar-refractivity contribution in [3.63, 3.8) is 0 Å². The number of carbonyl (C=O) groups excluding carboxylic acids is 1. The van der Waals surface area contributed by atoms with Crippen molar-refractivity contribution in [2.75, 3.05) is 7.11 Å². The van der Waals surface area contributed by atoms with Gasteiger partial charge in [-0.1, -0.05) is 28.1 Å². The molecule has 6 heteroatoms. The molecule has 2 rings (SSSR count). The first-order chi connectivity index (χ1) is 9.99. The number of benzene rings is 1. The van der Waals surface area contributed by atoms with Gasteiger partial charge in [0.1, 0.15) is 17.4 Å². The van der Waals surface area contributed by atoms with E-state index in [1.165, 1.54) is 7.11 Å². The molecule has 0 bridgehead atoms. The number of esters is 1. The molecule has 1 aliphatic heterocycles. The fourth-order valence-corrected chi connectivity index (χ4v) is 2.51. The lowest BCUT2D eigenvalue weighted by Gasteiger charge is -2.26. The predicted molar refractivity (Wildman–Crippen MR) is 79.5 cm³/mol. The van der Waals surface area contributed by atoms with Gasteiger partial charge in [-0.15, -0.1) is 0 Å². The number of methoxy groups -OCH3 is 1. The van der Waals surface area contributed by atoms with Crippen molar-refractivity contribution in [2.24, 2.45) is 5.73 Å². The lowest BCUT2D eigenvalue weighted by atomic mass is 9.83. The number of hydrogen-bond acceptors (Lipinski definition) is 5. The van der Waals surface area contributed by atoms with Gasteiger partial charge in [-0.2, -0.15) is 5.26 Å². The van der Waals surface area contributed by atoms with E-state index in [-0.39, 0.29) is 17.0 Å². The van der Waals surface area contributed by atoms with Crippen molar-refractivity contribution in [1.29, 1.82) is 5.26 Å². The van der Waals surface area contributed by atoms with Crippen LogP contribution >= 0.6 is 15.9 Å². The molecular weight excluding hydrogens is 336 g/mol. The summed E-state index contributed by atoms with van der Waals surface area (Å²) < 4.78 is 11.0. The fraction of sp³-hybridized carbons (Fsp3) is 0.200. The number of carbonyl (C=O) groups is 1. The van der Waals surface area contributed by atoms with Crippen LogP contribution < -0.4 is 5.73 Å². The number of ether oxygens (including phenoxy) is 2. The molecule has 5 nitrogen and oxygen atoms in total. The Kier molecular flexibility index (Phi) is 4.34. The van der Waals surface area contributed by atoms with Crippen molar-refractivity contribution in [2.45, 2.75) is 12.8 Å². The molecule has 0 fully saturated rings. The van der Waals surface area contributed by atoms with E-state index in [0.717, 1.165) is 10.0 Å². The lowest BCUT2D eigenvalue weighted by Crippen LogP contribution is -2.25. The number of rotatable bonds is 2. The molecule has 1 unspecified atom stereocenters. The van der Waals surface area contributed by atoms with Crippen molar-refractivity contribution in [1.82, 2.24) is 0 Å². The lowest BCUT2D eigenvalue weighted by molar-refractivity contribution is -0.136. The second-order valence-electron chi connectivity index (χ2n) is 4.44. The largest absolute Gasteiger partial charge is 0.466 e. The number of nitrogens with two attached hydrogens (primary N) is 1. The molecule has 21 heavy (non-hydrogen) atoms. The molecule has 108 valence electrons. The van der Waals surface area contributed by atoms with Crippen LogP contribution in [-0.4, -0.2) is 13.1 Å². The van der Waals surface area contributed by atoms with Crippen LogP contribution in [0.1, 0.15) is 18.4 Å². The number of hydrogen-bond donors (Lipinski definition) is 1. The highest BCUT2D eigenvalue weighted by Crippen LogP contribution is 2.39. The average Bonchev–Trinajstić information content (AvgIpc) is 2.46. The zero-order valence-corrected chi connectivity index (χ0v) is 13.1. The Labute approximate surface area is 130 Å². The zero-order chi connectivity index (χ0) is 15.6. The van der Waals surface area contributed by atoms with Gasteiger partial charge in [-0.25, -0.2) is 4.79 Å². The Hall–Kier alpha value is -2.26. The summed E-state index contributed by atoms with van der Waals surface area (Å²) in [5.41, 5.74) is 7.03. The monoisotopic (exact) mass is 348 g/mol. The molecule has 1 aliphatic rings. The van der Waals surface area contributed by atoms with E-state index in [1.807, 2.05) is 30.3 Å². The summed E-state index contributed by atoms with van der Waals surface area (Å²) in [7, 11) is 1.29. The second kappa shape index (κ2) is 6.02. The van der Waals surface area contributed by atoms with Gasteiger partial charge >= 0.3 is 5.97 Å². The van der Waals surface area contributed by atoms with Crippen LogP contribution in [0, 0.1) is 11.3 Å². The summed E-state index contributed by atoms with van der Waals surface area (Å²) in [5.74, 6) is -0.785. The fourth-order valence-electron chi connectivity index (χ4n) is 2.24. The smallest absolute Gasteiger partial charge is 0.338 e. The van der Waals surface area contributed by atoms with Gasteiger partial charge in [0.2, 0.25) is 5.88 Å². The third-order valence-electron chi connectivity index (χ3n) is 3.21. The Balaban J connectivity index is 2.63. The zero-order valence-electron chi connectivity index (χ0n) is 11.5. The van der Waals surface area contributed by atoms with Crippen LogP contribution in [0.5, 0.6) is 0 Å². The first-order valence-corrected chi connectivity index (χ1v) is 6.91. The van der Waals surface area contributed by atoms with Crippen LogP contribution in [0.15, 0.2) is 51.5 Å². The number of allylic oxidation sites excluding steroid dienone is 2. The number of halogens is 1. The Morgan fingerprint density at radius 1 is 1.43 bits per heavy atom. The minimum absolute atomic E-state index is 0.00979. The Morgan fingerprint density at radius 3 is 2.57 bits per heavy atom. The van der Waals surface area contributed by atoms with E-state index in [9.17, 15) is 10.1 Å². The molecule has 1 heterocycles. The van der Waals surface area contributed by atoms with Crippen molar-refractivity contribution >= 4 is 21.9 Å². The Morgan fingerprint density at radius 2 is 2.05 bits per heavy atom. The molecule has 1 atom stereocenters. The van der Waals surface area contributed by atoms with E-state index < -0.39 is 11.9 Å². The van der Waals surface area contributed by atoms with Crippen LogP contribution in [0.4, 0.5) is 0 Å². The summed E-state index contributed by atoms with van der Waals surface area (Å²) in [4.78, 5) is 12.1. The topological polar surface area (TPSA) is 85.3 Å². The molecule has 0 saturated heterocycles. The van der Waals surface area contributed by atoms with E-state index in [2.05, 4.69) is 15.9 Å². The summed E-state index contributed by atoms with van der Waals surface area (Å²) in [6, 6.07) is 9.33.